The number of aryl methyl sites for hydroxylation is 1. The summed E-state index contributed by atoms with van der Waals surface area (Å²) < 4.78 is 2.20. The van der Waals surface area contributed by atoms with E-state index in [1.54, 1.807) is 0 Å². The van der Waals surface area contributed by atoms with Crippen LogP contribution in [-0.2, 0) is 6.42 Å². The number of imidazole rings is 1. The van der Waals surface area contributed by atoms with Gasteiger partial charge in [0, 0.05) is 17.5 Å². The average molecular weight is 550 g/mol. The van der Waals surface area contributed by atoms with Crippen LogP contribution in [0.5, 0.6) is 0 Å². The van der Waals surface area contributed by atoms with Crippen molar-refractivity contribution >= 4 is 16.9 Å². The first-order valence-electron chi connectivity index (χ1n) is 14.5. The Labute approximate surface area is 239 Å². The van der Waals surface area contributed by atoms with Gasteiger partial charge in [0.2, 0.25) is 5.82 Å². The number of nitrogens with zero attached hydrogens (tertiary/aromatic N) is 5. The number of fused-ring (bicyclic) bond motifs is 1. The van der Waals surface area contributed by atoms with Crippen LogP contribution in [-0.4, -0.2) is 53.3 Å². The quantitative estimate of drug-likeness (QED) is 0.233. The van der Waals surface area contributed by atoms with Crippen molar-refractivity contribution in [3.05, 3.63) is 77.6 Å². The van der Waals surface area contributed by atoms with E-state index in [0.717, 1.165) is 89.7 Å². The molecule has 1 fully saturated rings. The minimum Gasteiger partial charge on any atom is -0.391 e. The van der Waals surface area contributed by atoms with Crippen LogP contribution in [0.3, 0.4) is 0 Å². The number of unbranched alkanes of at least 4 members (excludes halogenated alkanes) is 1. The largest absolute Gasteiger partial charge is 0.391 e. The Morgan fingerprint density at radius 1 is 1.05 bits per heavy atom. The topological polar surface area (TPSA) is 122 Å². The molecule has 3 aromatic carbocycles. The normalized spacial score (nSPS) is 17.1. The average Bonchev–Trinajstić information content (AvgIpc) is 3.65. The van der Waals surface area contributed by atoms with E-state index < -0.39 is 6.10 Å². The molecular weight excluding hydrogens is 514 g/mol. The second kappa shape index (κ2) is 11.6. The highest BCUT2D eigenvalue weighted by molar-refractivity contribution is 5.98. The summed E-state index contributed by atoms with van der Waals surface area (Å²) in [6, 6.07) is 19.8. The SMILES string of the molecule is CCCCc1nc2ccc(C(=O)NC3CCCCC3O)cc2n1-c1cccc(-c2ccccc2-c2nn[nH]n2)c1C. The molecule has 3 N–H and O–H groups in total. The van der Waals surface area contributed by atoms with Crippen molar-refractivity contribution in [2.75, 3.05) is 0 Å². The molecule has 5 aromatic rings. The zero-order valence-corrected chi connectivity index (χ0v) is 23.5. The third kappa shape index (κ3) is 5.25. The minimum atomic E-state index is -0.497. The van der Waals surface area contributed by atoms with Crippen LogP contribution in [0.15, 0.2) is 60.7 Å². The van der Waals surface area contributed by atoms with E-state index in [1.165, 1.54) is 0 Å². The summed E-state index contributed by atoms with van der Waals surface area (Å²) in [5.41, 5.74) is 7.37. The van der Waals surface area contributed by atoms with Gasteiger partial charge in [0.15, 0.2) is 0 Å². The number of carbonyl (C=O) groups is 1. The molecule has 9 heteroatoms. The Bertz CT molecular complexity index is 1680. The highest BCUT2D eigenvalue weighted by Gasteiger charge is 2.25. The van der Waals surface area contributed by atoms with Crippen LogP contribution in [0.4, 0.5) is 0 Å². The molecular formula is C32H35N7O2. The monoisotopic (exact) mass is 549 g/mol. The van der Waals surface area contributed by atoms with Crippen LogP contribution >= 0.6 is 0 Å². The molecule has 1 aliphatic rings. The Kier molecular flexibility index (Phi) is 7.61. The number of hydrogen-bond donors (Lipinski definition) is 3. The summed E-state index contributed by atoms with van der Waals surface area (Å²) >= 11 is 0. The number of aromatic nitrogens is 6. The van der Waals surface area contributed by atoms with E-state index in [9.17, 15) is 9.90 Å². The molecule has 2 unspecified atom stereocenters. The molecule has 0 aliphatic heterocycles. The first-order valence-corrected chi connectivity index (χ1v) is 14.5. The first-order chi connectivity index (χ1) is 20.0. The van der Waals surface area contributed by atoms with Gasteiger partial charge in [-0.15, -0.1) is 10.2 Å². The molecule has 1 aliphatic carbocycles. The van der Waals surface area contributed by atoms with Crippen LogP contribution in [0, 0.1) is 6.92 Å². The first kappa shape index (κ1) is 26.8. The van der Waals surface area contributed by atoms with Gasteiger partial charge in [-0.25, -0.2) is 4.98 Å². The number of aliphatic hydroxyl groups excluding tert-OH is 1. The Hall–Kier alpha value is -4.37. The maximum atomic E-state index is 13.3. The highest BCUT2D eigenvalue weighted by Crippen LogP contribution is 2.36. The van der Waals surface area contributed by atoms with Gasteiger partial charge < -0.3 is 10.4 Å². The molecule has 2 heterocycles. The van der Waals surface area contributed by atoms with E-state index in [2.05, 4.69) is 68.6 Å². The van der Waals surface area contributed by atoms with Crippen LogP contribution < -0.4 is 5.32 Å². The molecule has 9 nitrogen and oxygen atoms in total. The third-order valence-electron chi connectivity index (χ3n) is 8.14. The lowest BCUT2D eigenvalue weighted by molar-refractivity contribution is 0.0717. The Morgan fingerprint density at radius 2 is 1.85 bits per heavy atom. The molecule has 0 saturated heterocycles. The van der Waals surface area contributed by atoms with Crippen molar-refractivity contribution < 1.29 is 9.90 Å². The van der Waals surface area contributed by atoms with E-state index in [-0.39, 0.29) is 11.9 Å². The number of H-pyrrole nitrogens is 1. The number of aliphatic hydroxyl groups is 1. The number of benzene rings is 3. The molecule has 0 spiro atoms. The number of rotatable bonds is 8. The van der Waals surface area contributed by atoms with Crippen molar-refractivity contribution in [3.63, 3.8) is 0 Å². The molecule has 41 heavy (non-hydrogen) atoms. The summed E-state index contributed by atoms with van der Waals surface area (Å²) in [7, 11) is 0. The number of hydrogen-bond acceptors (Lipinski definition) is 6. The Balaban J connectivity index is 1.45. The van der Waals surface area contributed by atoms with Gasteiger partial charge in [0.1, 0.15) is 5.82 Å². The van der Waals surface area contributed by atoms with Crippen molar-refractivity contribution in [3.8, 4) is 28.2 Å². The molecule has 0 bridgehead atoms. The van der Waals surface area contributed by atoms with Crippen LogP contribution in [0.1, 0.15) is 67.2 Å². The number of nitrogens with one attached hydrogen (secondary N) is 2. The number of tetrazole rings is 1. The van der Waals surface area contributed by atoms with Crippen molar-refractivity contribution in [2.24, 2.45) is 0 Å². The van der Waals surface area contributed by atoms with Crippen LogP contribution in [0.2, 0.25) is 0 Å². The fraction of sp³-hybridized carbons (Fsp3) is 0.344. The van der Waals surface area contributed by atoms with Gasteiger partial charge in [-0.3, -0.25) is 9.36 Å². The standard InChI is InChI=1S/C32H35N7O2/c1-3-4-16-30-33-25-18-17-21(32(41)34-26-13-7-8-15-29(26)40)19-28(25)39(30)27-14-9-12-22(20(27)2)23-10-5-6-11-24(23)31-35-37-38-36-31/h5-6,9-12,14,17-19,26,29,40H,3-4,7-8,13,15-16H2,1-2H3,(H,34,41)(H,35,36,37,38). The molecule has 1 saturated carbocycles. The van der Waals surface area contributed by atoms with E-state index in [0.29, 0.717) is 11.4 Å². The molecule has 6 rings (SSSR count). The highest BCUT2D eigenvalue weighted by atomic mass is 16.3. The summed E-state index contributed by atoms with van der Waals surface area (Å²) in [6.07, 6.45) is 5.92. The minimum absolute atomic E-state index is 0.166. The van der Waals surface area contributed by atoms with E-state index >= 15 is 0 Å². The zero-order valence-electron chi connectivity index (χ0n) is 23.5. The summed E-state index contributed by atoms with van der Waals surface area (Å²) in [5.74, 6) is 1.34. The van der Waals surface area contributed by atoms with Crippen molar-refractivity contribution in [2.45, 2.75) is 70.9 Å². The van der Waals surface area contributed by atoms with Crippen LogP contribution in [0.25, 0.3) is 39.2 Å². The van der Waals surface area contributed by atoms with Gasteiger partial charge in [-0.1, -0.05) is 62.6 Å². The summed E-state index contributed by atoms with van der Waals surface area (Å²) in [5, 5.41) is 28.2. The fourth-order valence-electron chi connectivity index (χ4n) is 5.92. The van der Waals surface area contributed by atoms with Gasteiger partial charge in [0.05, 0.1) is 28.9 Å². The molecule has 2 atom stereocenters. The second-order valence-corrected chi connectivity index (χ2v) is 10.8. The second-order valence-electron chi connectivity index (χ2n) is 10.8. The number of carbonyl (C=O) groups excluding carboxylic acids is 1. The number of aromatic amines is 1. The fourth-order valence-corrected chi connectivity index (χ4v) is 5.92. The van der Waals surface area contributed by atoms with Gasteiger partial charge >= 0.3 is 0 Å². The lowest BCUT2D eigenvalue weighted by Gasteiger charge is -2.28. The lowest BCUT2D eigenvalue weighted by atomic mass is 9.92. The van der Waals surface area contributed by atoms with Gasteiger partial charge in [0.25, 0.3) is 5.91 Å². The summed E-state index contributed by atoms with van der Waals surface area (Å²) in [4.78, 5) is 18.3. The molecule has 210 valence electrons. The third-order valence-corrected chi connectivity index (χ3v) is 8.14. The van der Waals surface area contributed by atoms with Gasteiger partial charge in [-0.05, 0) is 72.4 Å². The predicted molar refractivity (Wildman–Crippen MR) is 159 cm³/mol. The molecule has 1 amide bonds. The molecule has 0 radical (unpaired) electrons. The summed E-state index contributed by atoms with van der Waals surface area (Å²) in [6.45, 7) is 4.30. The molecule has 2 aromatic heterocycles. The lowest BCUT2D eigenvalue weighted by Crippen LogP contribution is -2.45. The van der Waals surface area contributed by atoms with Crippen molar-refractivity contribution in [1.82, 2.24) is 35.5 Å². The van der Waals surface area contributed by atoms with E-state index in [4.69, 9.17) is 4.98 Å². The smallest absolute Gasteiger partial charge is 0.251 e. The van der Waals surface area contributed by atoms with E-state index in [1.807, 2.05) is 36.4 Å². The van der Waals surface area contributed by atoms with Gasteiger partial charge in [-0.2, -0.15) is 5.21 Å². The zero-order chi connectivity index (χ0) is 28.3. The maximum absolute atomic E-state index is 13.3. The number of amides is 1. The van der Waals surface area contributed by atoms with Crippen molar-refractivity contribution in [1.29, 1.82) is 0 Å². The predicted octanol–water partition coefficient (Wildman–Crippen LogP) is 5.56. The Morgan fingerprint density at radius 3 is 2.63 bits per heavy atom. The maximum Gasteiger partial charge on any atom is 0.251 e.